The van der Waals surface area contributed by atoms with Crippen LogP contribution in [0.15, 0.2) is 53.4 Å². The van der Waals surface area contributed by atoms with Gasteiger partial charge in [-0.05, 0) is 30.2 Å². The Balaban J connectivity index is 1.85. The fourth-order valence-electron chi connectivity index (χ4n) is 2.81. The minimum Gasteiger partial charge on any atom is -0.296 e. The first-order valence-corrected chi connectivity index (χ1v) is 9.45. The number of imide groups is 1. The number of hydrogen-bond donors (Lipinski definition) is 2. The molecule has 0 aliphatic carbocycles. The number of nitrogens with zero attached hydrogens (tertiary/aromatic N) is 1. The van der Waals surface area contributed by atoms with Crippen LogP contribution in [-0.4, -0.2) is 25.2 Å². The summed E-state index contributed by atoms with van der Waals surface area (Å²) in [6, 6.07) is 11.0. The molecular formula is C17H15N3O6S. The number of benzene rings is 2. The number of carbonyl (C=O) groups is 2. The Bertz CT molecular complexity index is 1030. The van der Waals surface area contributed by atoms with E-state index in [1.54, 1.807) is 12.1 Å². The number of anilines is 1. The minimum atomic E-state index is -4.05. The van der Waals surface area contributed by atoms with Crippen molar-refractivity contribution in [3.05, 3.63) is 64.2 Å². The van der Waals surface area contributed by atoms with Crippen LogP contribution in [0.3, 0.4) is 0 Å². The Morgan fingerprint density at radius 1 is 1.11 bits per heavy atom. The number of rotatable bonds is 5. The molecule has 2 amide bonds. The molecule has 1 heterocycles. The van der Waals surface area contributed by atoms with E-state index >= 15 is 0 Å². The van der Waals surface area contributed by atoms with Gasteiger partial charge in [0, 0.05) is 24.2 Å². The summed E-state index contributed by atoms with van der Waals surface area (Å²) in [6.45, 7) is 0. The molecule has 1 fully saturated rings. The molecule has 10 heteroatoms. The topological polar surface area (TPSA) is 135 Å². The zero-order valence-corrected chi connectivity index (χ0v) is 14.7. The van der Waals surface area contributed by atoms with Gasteiger partial charge >= 0.3 is 0 Å². The van der Waals surface area contributed by atoms with E-state index < -0.39 is 26.8 Å². The Hall–Kier alpha value is -3.27. The van der Waals surface area contributed by atoms with Crippen LogP contribution in [0, 0.1) is 10.1 Å². The highest BCUT2D eigenvalue weighted by Crippen LogP contribution is 2.28. The molecule has 0 saturated carbocycles. The van der Waals surface area contributed by atoms with Gasteiger partial charge in [-0.15, -0.1) is 0 Å². The summed E-state index contributed by atoms with van der Waals surface area (Å²) < 4.78 is 27.4. The van der Waals surface area contributed by atoms with Crippen molar-refractivity contribution in [2.75, 3.05) is 4.72 Å². The van der Waals surface area contributed by atoms with Crippen LogP contribution in [0.25, 0.3) is 0 Å². The van der Waals surface area contributed by atoms with Crippen LogP contribution in [0.2, 0.25) is 0 Å². The summed E-state index contributed by atoms with van der Waals surface area (Å²) in [5.74, 6) is -1.31. The number of carbonyl (C=O) groups excluding carboxylic acids is 2. The Morgan fingerprint density at radius 3 is 2.56 bits per heavy atom. The fraction of sp³-hybridized carbons (Fsp3) is 0.176. The van der Waals surface area contributed by atoms with Crippen LogP contribution in [-0.2, 0) is 19.6 Å². The molecule has 27 heavy (non-hydrogen) atoms. The quantitative estimate of drug-likeness (QED) is 0.455. The fourth-order valence-corrected chi connectivity index (χ4v) is 3.90. The van der Waals surface area contributed by atoms with Crippen molar-refractivity contribution in [1.82, 2.24) is 5.32 Å². The van der Waals surface area contributed by atoms with Crippen LogP contribution >= 0.6 is 0 Å². The van der Waals surface area contributed by atoms with Crippen LogP contribution < -0.4 is 10.0 Å². The molecule has 1 aliphatic heterocycles. The lowest BCUT2D eigenvalue weighted by Gasteiger charge is -2.21. The number of nitro benzene ring substituents is 1. The first-order valence-electron chi connectivity index (χ1n) is 7.97. The minimum absolute atomic E-state index is 0.208. The van der Waals surface area contributed by atoms with Crippen LogP contribution in [0.5, 0.6) is 0 Å². The molecule has 0 bridgehead atoms. The number of amides is 2. The maximum atomic E-state index is 12.5. The van der Waals surface area contributed by atoms with Crippen molar-refractivity contribution >= 4 is 33.2 Å². The van der Waals surface area contributed by atoms with E-state index in [0.29, 0.717) is 12.0 Å². The maximum Gasteiger partial charge on any atom is 0.270 e. The average Bonchev–Trinajstić information content (AvgIpc) is 2.61. The van der Waals surface area contributed by atoms with Crippen molar-refractivity contribution in [2.24, 2.45) is 0 Å². The number of nitro groups is 1. The summed E-state index contributed by atoms with van der Waals surface area (Å²) in [6.07, 6.45) is 0.547. The van der Waals surface area contributed by atoms with E-state index in [1.165, 1.54) is 30.3 Å². The van der Waals surface area contributed by atoms with Crippen molar-refractivity contribution in [2.45, 2.75) is 23.7 Å². The highest BCUT2D eigenvalue weighted by molar-refractivity contribution is 7.92. The lowest BCUT2D eigenvalue weighted by atomic mass is 9.90. The van der Waals surface area contributed by atoms with E-state index in [2.05, 4.69) is 10.0 Å². The van der Waals surface area contributed by atoms with Crippen molar-refractivity contribution in [1.29, 1.82) is 0 Å². The predicted molar refractivity (Wildman–Crippen MR) is 95.5 cm³/mol. The number of non-ortho nitro benzene ring substituents is 1. The molecule has 9 nitrogen and oxygen atoms in total. The normalized spacial score (nSPS) is 17.3. The SMILES string of the molecule is O=C1CCC(c2cccc(NS(=O)(=O)c3cccc([N+](=O)[O-])c3)c2)C(=O)N1. The zero-order chi connectivity index (χ0) is 19.6. The molecule has 0 aromatic heterocycles. The Kier molecular flexibility index (Phi) is 4.91. The molecule has 1 saturated heterocycles. The van der Waals surface area contributed by atoms with Gasteiger partial charge in [-0.3, -0.25) is 29.7 Å². The largest absolute Gasteiger partial charge is 0.296 e. The summed E-state index contributed by atoms with van der Waals surface area (Å²) in [5.41, 5.74) is 0.443. The van der Waals surface area contributed by atoms with Gasteiger partial charge in [-0.2, -0.15) is 0 Å². The lowest BCUT2D eigenvalue weighted by Crippen LogP contribution is -2.39. The molecule has 140 valence electrons. The molecule has 0 radical (unpaired) electrons. The maximum absolute atomic E-state index is 12.5. The van der Waals surface area contributed by atoms with Crippen LogP contribution in [0.1, 0.15) is 24.3 Å². The van der Waals surface area contributed by atoms with Crippen molar-refractivity contribution in [3.8, 4) is 0 Å². The van der Waals surface area contributed by atoms with E-state index in [0.717, 1.165) is 6.07 Å². The predicted octanol–water partition coefficient (Wildman–Crippen LogP) is 1.92. The molecule has 1 atom stereocenters. The van der Waals surface area contributed by atoms with Gasteiger partial charge in [0.2, 0.25) is 11.8 Å². The van der Waals surface area contributed by atoms with E-state index in [9.17, 15) is 28.1 Å². The molecule has 2 aromatic carbocycles. The third-order valence-electron chi connectivity index (χ3n) is 4.12. The molecule has 1 aliphatic rings. The molecule has 1 unspecified atom stereocenters. The third kappa shape index (κ3) is 4.11. The third-order valence-corrected chi connectivity index (χ3v) is 5.50. The van der Waals surface area contributed by atoms with Crippen LogP contribution in [0.4, 0.5) is 11.4 Å². The smallest absolute Gasteiger partial charge is 0.270 e. The van der Waals surface area contributed by atoms with Gasteiger partial charge < -0.3 is 0 Å². The molecule has 2 aromatic rings. The van der Waals surface area contributed by atoms with Gasteiger partial charge in [-0.1, -0.05) is 18.2 Å². The molecular weight excluding hydrogens is 374 g/mol. The van der Waals surface area contributed by atoms with Crippen molar-refractivity contribution in [3.63, 3.8) is 0 Å². The number of sulfonamides is 1. The monoisotopic (exact) mass is 389 g/mol. The first kappa shape index (κ1) is 18.5. The lowest BCUT2D eigenvalue weighted by molar-refractivity contribution is -0.385. The average molecular weight is 389 g/mol. The highest BCUT2D eigenvalue weighted by atomic mass is 32.2. The molecule has 3 rings (SSSR count). The van der Waals surface area contributed by atoms with Gasteiger partial charge in [0.15, 0.2) is 0 Å². The summed E-state index contributed by atoms with van der Waals surface area (Å²) in [7, 11) is -4.05. The number of piperidine rings is 1. The van der Waals surface area contributed by atoms with Gasteiger partial charge in [-0.25, -0.2) is 8.42 Å². The van der Waals surface area contributed by atoms with Crippen molar-refractivity contribution < 1.29 is 22.9 Å². The van der Waals surface area contributed by atoms with Gasteiger partial charge in [0.25, 0.3) is 15.7 Å². The molecule has 0 spiro atoms. The first-order chi connectivity index (χ1) is 12.8. The summed E-state index contributed by atoms with van der Waals surface area (Å²) in [5, 5.41) is 13.1. The van der Waals surface area contributed by atoms with Gasteiger partial charge in [0.05, 0.1) is 15.7 Å². The molecule has 2 N–H and O–H groups in total. The Morgan fingerprint density at radius 2 is 1.85 bits per heavy atom. The zero-order valence-electron chi connectivity index (χ0n) is 13.9. The summed E-state index contributed by atoms with van der Waals surface area (Å²) >= 11 is 0. The van der Waals surface area contributed by atoms with Gasteiger partial charge in [0.1, 0.15) is 0 Å². The van der Waals surface area contributed by atoms with E-state index in [4.69, 9.17) is 0 Å². The van der Waals surface area contributed by atoms with E-state index in [1.807, 2.05) is 0 Å². The summed E-state index contributed by atoms with van der Waals surface area (Å²) in [4.78, 5) is 33.2. The second-order valence-electron chi connectivity index (χ2n) is 5.99. The number of hydrogen-bond acceptors (Lipinski definition) is 6. The standard InChI is InChI=1S/C17H15N3O6S/c21-16-8-7-15(17(22)18-16)11-3-1-4-12(9-11)19-27(25,26)14-6-2-5-13(10-14)20(23)24/h1-6,9-10,15,19H,7-8H2,(H,18,21,22). The van der Waals surface area contributed by atoms with E-state index in [-0.39, 0.29) is 28.6 Å². The highest BCUT2D eigenvalue weighted by Gasteiger charge is 2.28. The number of nitrogens with one attached hydrogen (secondary N) is 2. The Labute approximate surface area is 154 Å². The second-order valence-corrected chi connectivity index (χ2v) is 7.67. The second kappa shape index (κ2) is 7.16.